The smallest absolute Gasteiger partial charge is 0.260 e. The zero-order chi connectivity index (χ0) is 3.41. The van der Waals surface area contributed by atoms with Crippen molar-refractivity contribution in [3.05, 3.63) is 0 Å². The fraction of sp³-hybridized carbons (Fsp3) is 0. The molecule has 0 saturated carbocycles. The summed E-state index contributed by atoms with van der Waals surface area (Å²) in [5.41, 5.74) is 0. The van der Waals surface area contributed by atoms with Gasteiger partial charge in [-0.15, -0.1) is 0 Å². The highest BCUT2D eigenvalue weighted by Crippen LogP contribution is 1.65. The van der Waals surface area contributed by atoms with Gasteiger partial charge >= 0.3 is 0 Å². The van der Waals surface area contributed by atoms with E-state index in [2.05, 4.69) is 5.84 Å². The molecule has 0 aromatic heterocycles. The molecular formula is H6AlN2OP. The highest BCUT2D eigenvalue weighted by atomic mass is 31.1. The summed E-state index contributed by atoms with van der Waals surface area (Å²) in [6, 6.07) is 0. The fourth-order valence-electron chi connectivity index (χ4n) is 0. The van der Waals surface area contributed by atoms with Crippen LogP contribution >= 0.6 is 8.61 Å². The maximum atomic E-state index is 9.03. The Labute approximate surface area is 42.3 Å². The molecule has 0 amide bonds. The van der Waals surface area contributed by atoms with Crippen LogP contribution in [0.2, 0.25) is 0 Å². The first kappa shape index (κ1) is 9.12. The van der Waals surface area contributed by atoms with E-state index in [0.29, 0.717) is 0 Å². The molecule has 0 saturated heterocycles. The average Bonchev–Trinajstić information content (AvgIpc) is 1.37. The second-order valence-electron chi connectivity index (χ2n) is 0.220. The van der Waals surface area contributed by atoms with Gasteiger partial charge in [-0.25, -0.2) is 0 Å². The Morgan fingerprint density at radius 1 is 1.80 bits per heavy atom. The summed E-state index contributed by atoms with van der Waals surface area (Å²) in [5.74, 6) is 4.45. The zero-order valence-electron chi connectivity index (χ0n) is 1.93. The molecule has 0 aliphatic rings. The maximum Gasteiger partial charge on any atom is 0.260 e. The van der Waals surface area contributed by atoms with Crippen molar-refractivity contribution in [2.75, 3.05) is 0 Å². The predicted molar refractivity (Wildman–Crippen MR) is 24.9 cm³/mol. The van der Waals surface area contributed by atoms with Crippen molar-refractivity contribution in [2.24, 2.45) is 5.84 Å². The first-order chi connectivity index (χ1) is 1.91. The molecule has 0 bridgehead atoms. The highest BCUT2D eigenvalue weighted by molar-refractivity contribution is 7.20. The van der Waals surface area contributed by atoms with Crippen molar-refractivity contribution in [2.45, 2.75) is 0 Å². The minimum Gasteiger partial charge on any atom is -0.261 e. The first-order valence-corrected chi connectivity index (χ1v) is 1.51. The van der Waals surface area contributed by atoms with Gasteiger partial charge in [-0.3, -0.25) is 10.4 Å². The number of nitrogens with one attached hydrogen (secondary N) is 1. The molecule has 0 aliphatic carbocycles. The summed E-state index contributed by atoms with van der Waals surface area (Å²) in [6.07, 6.45) is 0. The van der Waals surface area contributed by atoms with E-state index >= 15 is 0 Å². The Balaban J connectivity index is 0. The number of hydrogen-bond donors (Lipinski definition) is 2. The molecular weight excluding hydrogens is 102 g/mol. The van der Waals surface area contributed by atoms with Gasteiger partial charge in [-0.1, -0.05) is 0 Å². The van der Waals surface area contributed by atoms with Crippen molar-refractivity contribution in [1.29, 1.82) is 0 Å². The van der Waals surface area contributed by atoms with E-state index in [1.807, 2.05) is 5.20 Å². The molecule has 0 aromatic carbocycles. The molecule has 0 unspecified atom stereocenters. The van der Waals surface area contributed by atoms with Crippen molar-refractivity contribution < 1.29 is 4.57 Å². The quantitative estimate of drug-likeness (QED) is 0.185. The van der Waals surface area contributed by atoms with Crippen molar-refractivity contribution in [1.82, 2.24) is 5.20 Å². The molecule has 5 heavy (non-hydrogen) atoms. The minimum absolute atomic E-state index is 0. The van der Waals surface area contributed by atoms with Gasteiger partial charge in [0.2, 0.25) is 0 Å². The Morgan fingerprint density at radius 3 is 2.00 bits per heavy atom. The second kappa shape index (κ2) is 8.82. The van der Waals surface area contributed by atoms with E-state index in [1.165, 1.54) is 0 Å². The molecule has 0 spiro atoms. The van der Waals surface area contributed by atoms with Crippen LogP contribution < -0.4 is 11.0 Å². The predicted octanol–water partition coefficient (Wildman–Crippen LogP) is -1.53. The lowest BCUT2D eigenvalue weighted by atomic mass is 13.0. The first-order valence-electron chi connectivity index (χ1n) is 0.695. The molecule has 0 radical (unpaired) electrons. The van der Waals surface area contributed by atoms with Crippen LogP contribution in [0.5, 0.6) is 0 Å². The van der Waals surface area contributed by atoms with Gasteiger partial charge in [0.1, 0.15) is 0 Å². The average molecular weight is 108 g/mol. The van der Waals surface area contributed by atoms with Gasteiger partial charge in [0, 0.05) is 0 Å². The zero-order valence-corrected chi connectivity index (χ0v) is 2.83. The third kappa shape index (κ3) is 12.3. The van der Waals surface area contributed by atoms with E-state index < -0.39 is 0 Å². The third-order valence-electron chi connectivity index (χ3n) is 0.0527. The van der Waals surface area contributed by atoms with E-state index in [-0.39, 0.29) is 26.0 Å². The van der Waals surface area contributed by atoms with Crippen LogP contribution in [-0.2, 0) is 4.57 Å². The summed E-state index contributed by atoms with van der Waals surface area (Å²) in [5, 5.41) is 1.85. The monoisotopic (exact) mass is 108 g/mol. The minimum atomic E-state index is -0.224. The summed E-state index contributed by atoms with van der Waals surface area (Å²) >= 11 is 0. The maximum absolute atomic E-state index is 9.03. The van der Waals surface area contributed by atoms with Gasteiger partial charge in [0.25, 0.3) is 8.61 Å². The summed E-state index contributed by atoms with van der Waals surface area (Å²) in [7, 11) is -0.224. The summed E-state index contributed by atoms with van der Waals surface area (Å²) < 4.78 is 9.03. The fourth-order valence-corrected chi connectivity index (χ4v) is 0. The summed E-state index contributed by atoms with van der Waals surface area (Å²) in [6.45, 7) is 0. The molecule has 5 heteroatoms. The lowest BCUT2D eigenvalue weighted by Crippen LogP contribution is -2.05. The molecule has 30 valence electrons. The van der Waals surface area contributed by atoms with E-state index in [1.54, 1.807) is 0 Å². The molecule has 3 nitrogen and oxygen atoms in total. The SMILES string of the molecule is NNP=O.[AlH3]. The molecule has 0 aromatic rings. The molecule has 3 N–H and O–H groups in total. The van der Waals surface area contributed by atoms with Gasteiger partial charge in [0.05, 0.1) is 0 Å². The Kier molecular flexibility index (Phi) is 16.1. The Bertz CT molecular complexity index is 23.6. The van der Waals surface area contributed by atoms with Crippen LogP contribution in [0.4, 0.5) is 0 Å². The normalized spacial score (nSPS) is 6.60. The van der Waals surface area contributed by atoms with Gasteiger partial charge in [-0.2, -0.15) is 5.20 Å². The molecule has 0 heterocycles. The van der Waals surface area contributed by atoms with Gasteiger partial charge in [-0.05, 0) is 0 Å². The molecule has 0 aliphatic heterocycles. The Hall–Kier alpha value is 0.552. The number of rotatable bonds is 1. The highest BCUT2D eigenvalue weighted by Gasteiger charge is 1.48. The van der Waals surface area contributed by atoms with Crippen molar-refractivity contribution in [3.63, 3.8) is 0 Å². The molecule has 0 fully saturated rings. The largest absolute Gasteiger partial charge is 0.261 e. The van der Waals surface area contributed by atoms with E-state index in [4.69, 9.17) is 4.57 Å². The Morgan fingerprint density at radius 2 is 2.00 bits per heavy atom. The van der Waals surface area contributed by atoms with Crippen LogP contribution in [0, 0.1) is 0 Å². The van der Waals surface area contributed by atoms with E-state index in [9.17, 15) is 0 Å². The van der Waals surface area contributed by atoms with Crippen molar-refractivity contribution >= 4 is 26.0 Å². The van der Waals surface area contributed by atoms with Crippen LogP contribution in [-0.4, -0.2) is 17.4 Å². The number of hydrogen-bond acceptors (Lipinski definition) is 2. The lowest BCUT2D eigenvalue weighted by Gasteiger charge is -1.60. The topological polar surface area (TPSA) is 55.1 Å². The van der Waals surface area contributed by atoms with Crippen molar-refractivity contribution in [3.8, 4) is 0 Å². The molecule has 0 atom stereocenters. The van der Waals surface area contributed by atoms with Crippen LogP contribution in [0.25, 0.3) is 0 Å². The van der Waals surface area contributed by atoms with Crippen LogP contribution in [0.3, 0.4) is 0 Å². The number of hydrazine groups is 1. The van der Waals surface area contributed by atoms with Gasteiger partial charge in [0.15, 0.2) is 17.4 Å². The number of nitrogens with two attached hydrogens (primary N) is 1. The second-order valence-corrected chi connectivity index (χ2v) is 0.661. The van der Waals surface area contributed by atoms with Crippen LogP contribution in [0.1, 0.15) is 0 Å². The van der Waals surface area contributed by atoms with Gasteiger partial charge < -0.3 is 0 Å². The van der Waals surface area contributed by atoms with Crippen LogP contribution in [0.15, 0.2) is 0 Å². The standard InChI is InChI=1S/Al.H3N2OP.3H/c;1-2-4-3;;;/h;1H2,(H,2,3);;;. The lowest BCUT2D eigenvalue weighted by molar-refractivity contribution is 0.592. The molecule has 0 rings (SSSR count). The summed E-state index contributed by atoms with van der Waals surface area (Å²) in [4.78, 5) is 0. The van der Waals surface area contributed by atoms with E-state index in [0.717, 1.165) is 0 Å². The third-order valence-corrected chi connectivity index (χ3v) is 0.158.